The lowest BCUT2D eigenvalue weighted by Gasteiger charge is -2.32. The minimum Gasteiger partial charge on any atom is -0.507 e. The maximum atomic E-state index is 10.3. The SMILES string of the molecule is C=C(Nc1ccccc1C)c1cc(N2CCC(C)CC2)ccc1O. The molecule has 1 fully saturated rings. The summed E-state index contributed by atoms with van der Waals surface area (Å²) in [5.41, 5.74) is 4.80. The summed E-state index contributed by atoms with van der Waals surface area (Å²) in [4.78, 5) is 2.39. The molecule has 0 atom stereocenters. The number of para-hydroxylation sites is 1. The molecule has 0 bridgehead atoms. The van der Waals surface area contributed by atoms with Gasteiger partial charge in [0.05, 0.1) is 0 Å². The molecular weight excluding hydrogens is 296 g/mol. The highest BCUT2D eigenvalue weighted by molar-refractivity contribution is 5.81. The quantitative estimate of drug-likeness (QED) is 0.829. The molecule has 2 aromatic carbocycles. The summed E-state index contributed by atoms with van der Waals surface area (Å²) in [6.07, 6.45) is 2.44. The topological polar surface area (TPSA) is 35.5 Å². The van der Waals surface area contributed by atoms with Gasteiger partial charge in [-0.15, -0.1) is 0 Å². The average Bonchev–Trinajstić information content (AvgIpc) is 2.58. The first kappa shape index (κ1) is 16.4. The van der Waals surface area contributed by atoms with E-state index in [1.807, 2.05) is 30.3 Å². The minimum absolute atomic E-state index is 0.259. The van der Waals surface area contributed by atoms with Crippen molar-refractivity contribution in [3.63, 3.8) is 0 Å². The molecule has 3 heteroatoms. The van der Waals surface area contributed by atoms with E-state index in [9.17, 15) is 5.11 Å². The van der Waals surface area contributed by atoms with Crippen molar-refractivity contribution >= 4 is 17.1 Å². The Morgan fingerprint density at radius 2 is 1.88 bits per heavy atom. The van der Waals surface area contributed by atoms with Crippen LogP contribution in [0.5, 0.6) is 5.75 Å². The number of anilines is 2. The minimum atomic E-state index is 0.259. The van der Waals surface area contributed by atoms with Crippen LogP contribution in [0.1, 0.15) is 30.9 Å². The average molecular weight is 322 g/mol. The van der Waals surface area contributed by atoms with Crippen LogP contribution in [0.15, 0.2) is 49.0 Å². The van der Waals surface area contributed by atoms with Crippen molar-refractivity contribution in [1.82, 2.24) is 0 Å². The van der Waals surface area contributed by atoms with Gasteiger partial charge in [0.2, 0.25) is 0 Å². The van der Waals surface area contributed by atoms with E-state index in [2.05, 4.69) is 36.7 Å². The first-order chi connectivity index (χ1) is 11.5. The molecule has 1 heterocycles. The van der Waals surface area contributed by atoms with Crippen LogP contribution in [-0.2, 0) is 0 Å². The van der Waals surface area contributed by atoms with Crippen LogP contribution in [0.25, 0.3) is 5.70 Å². The van der Waals surface area contributed by atoms with Crippen molar-refractivity contribution in [1.29, 1.82) is 0 Å². The Bertz CT molecular complexity index is 730. The lowest BCUT2D eigenvalue weighted by molar-refractivity contribution is 0.438. The number of hydrogen-bond donors (Lipinski definition) is 2. The number of aryl methyl sites for hydroxylation is 1. The van der Waals surface area contributed by atoms with Crippen molar-refractivity contribution in [3.05, 3.63) is 60.2 Å². The molecule has 0 aromatic heterocycles. The van der Waals surface area contributed by atoms with Crippen molar-refractivity contribution in [2.24, 2.45) is 5.92 Å². The Morgan fingerprint density at radius 3 is 2.58 bits per heavy atom. The molecule has 3 rings (SSSR count). The van der Waals surface area contributed by atoms with Gasteiger partial charge in [-0.1, -0.05) is 31.7 Å². The first-order valence-corrected chi connectivity index (χ1v) is 8.64. The van der Waals surface area contributed by atoms with E-state index in [0.717, 1.165) is 41.5 Å². The highest BCUT2D eigenvalue weighted by Crippen LogP contribution is 2.32. The second kappa shape index (κ2) is 7.00. The van der Waals surface area contributed by atoms with Gasteiger partial charge >= 0.3 is 0 Å². The molecule has 0 unspecified atom stereocenters. The van der Waals surface area contributed by atoms with Gasteiger partial charge < -0.3 is 15.3 Å². The molecule has 126 valence electrons. The monoisotopic (exact) mass is 322 g/mol. The second-order valence-electron chi connectivity index (χ2n) is 6.79. The van der Waals surface area contributed by atoms with Gasteiger partial charge in [0.1, 0.15) is 5.75 Å². The predicted molar refractivity (Wildman–Crippen MR) is 103 cm³/mol. The fourth-order valence-corrected chi connectivity index (χ4v) is 3.17. The zero-order valence-electron chi connectivity index (χ0n) is 14.5. The van der Waals surface area contributed by atoms with Crippen molar-refractivity contribution < 1.29 is 5.11 Å². The van der Waals surface area contributed by atoms with Crippen LogP contribution >= 0.6 is 0 Å². The molecule has 2 aromatic rings. The number of aromatic hydroxyl groups is 1. The Kier molecular flexibility index (Phi) is 4.79. The molecule has 0 aliphatic carbocycles. The fraction of sp³-hybridized carbons (Fsp3) is 0.333. The third kappa shape index (κ3) is 3.56. The van der Waals surface area contributed by atoms with Crippen molar-refractivity contribution in [3.8, 4) is 5.75 Å². The van der Waals surface area contributed by atoms with E-state index in [1.54, 1.807) is 6.07 Å². The van der Waals surface area contributed by atoms with Gasteiger partial charge in [0, 0.05) is 35.7 Å². The number of nitrogens with one attached hydrogen (secondary N) is 1. The van der Waals surface area contributed by atoms with E-state index in [4.69, 9.17) is 0 Å². The van der Waals surface area contributed by atoms with E-state index in [0.29, 0.717) is 5.70 Å². The largest absolute Gasteiger partial charge is 0.507 e. The van der Waals surface area contributed by atoms with E-state index < -0.39 is 0 Å². The Balaban J connectivity index is 1.81. The van der Waals surface area contributed by atoms with Gasteiger partial charge in [-0.25, -0.2) is 0 Å². The molecular formula is C21H26N2O. The first-order valence-electron chi connectivity index (χ1n) is 8.64. The van der Waals surface area contributed by atoms with Crippen molar-refractivity contribution in [2.75, 3.05) is 23.3 Å². The summed E-state index contributed by atoms with van der Waals surface area (Å²) in [6.45, 7) is 10.6. The highest BCUT2D eigenvalue weighted by Gasteiger charge is 2.17. The van der Waals surface area contributed by atoms with Crippen LogP contribution in [0.3, 0.4) is 0 Å². The van der Waals surface area contributed by atoms with Crippen LogP contribution in [0.2, 0.25) is 0 Å². The molecule has 0 amide bonds. The Morgan fingerprint density at radius 1 is 1.17 bits per heavy atom. The normalized spacial score (nSPS) is 15.3. The number of benzene rings is 2. The number of nitrogens with zero attached hydrogens (tertiary/aromatic N) is 1. The predicted octanol–water partition coefficient (Wildman–Crippen LogP) is 5.02. The molecule has 1 saturated heterocycles. The molecule has 0 saturated carbocycles. The number of rotatable bonds is 4. The van der Waals surface area contributed by atoms with Crippen LogP contribution in [0, 0.1) is 12.8 Å². The van der Waals surface area contributed by atoms with E-state index in [1.165, 1.54) is 12.8 Å². The van der Waals surface area contributed by atoms with Gasteiger partial charge in [-0.05, 0) is 55.5 Å². The van der Waals surface area contributed by atoms with Gasteiger partial charge in [0.25, 0.3) is 0 Å². The number of hydrogen-bond acceptors (Lipinski definition) is 3. The van der Waals surface area contributed by atoms with Crippen molar-refractivity contribution in [2.45, 2.75) is 26.7 Å². The molecule has 0 radical (unpaired) electrons. The molecule has 24 heavy (non-hydrogen) atoms. The summed E-state index contributed by atoms with van der Waals surface area (Å²) in [7, 11) is 0. The number of piperidine rings is 1. The molecule has 3 nitrogen and oxygen atoms in total. The Labute approximate surface area is 144 Å². The summed E-state index contributed by atoms with van der Waals surface area (Å²) < 4.78 is 0. The van der Waals surface area contributed by atoms with Gasteiger partial charge in [0.15, 0.2) is 0 Å². The number of phenols is 1. The van der Waals surface area contributed by atoms with Gasteiger partial charge in [-0.2, -0.15) is 0 Å². The van der Waals surface area contributed by atoms with Crippen LogP contribution in [-0.4, -0.2) is 18.2 Å². The summed E-state index contributed by atoms with van der Waals surface area (Å²) in [5.74, 6) is 1.06. The zero-order chi connectivity index (χ0) is 17.1. The highest BCUT2D eigenvalue weighted by atomic mass is 16.3. The summed E-state index contributed by atoms with van der Waals surface area (Å²) in [6, 6.07) is 13.9. The van der Waals surface area contributed by atoms with Crippen LogP contribution in [0.4, 0.5) is 11.4 Å². The smallest absolute Gasteiger partial charge is 0.125 e. The van der Waals surface area contributed by atoms with Crippen LogP contribution < -0.4 is 10.2 Å². The lowest BCUT2D eigenvalue weighted by Crippen LogP contribution is -2.32. The fourth-order valence-electron chi connectivity index (χ4n) is 3.17. The maximum Gasteiger partial charge on any atom is 0.125 e. The second-order valence-corrected chi connectivity index (χ2v) is 6.79. The van der Waals surface area contributed by atoms with Gasteiger partial charge in [-0.3, -0.25) is 0 Å². The van der Waals surface area contributed by atoms with E-state index in [-0.39, 0.29) is 5.75 Å². The summed E-state index contributed by atoms with van der Waals surface area (Å²) in [5, 5.41) is 13.6. The zero-order valence-corrected chi connectivity index (χ0v) is 14.5. The third-order valence-corrected chi connectivity index (χ3v) is 4.88. The maximum absolute atomic E-state index is 10.3. The molecule has 0 spiro atoms. The molecule has 1 aliphatic heterocycles. The summed E-state index contributed by atoms with van der Waals surface area (Å²) >= 11 is 0. The third-order valence-electron chi connectivity index (χ3n) is 4.88. The molecule has 2 N–H and O–H groups in total. The Hall–Kier alpha value is -2.42. The van der Waals surface area contributed by atoms with E-state index >= 15 is 0 Å². The molecule has 1 aliphatic rings. The lowest BCUT2D eigenvalue weighted by atomic mass is 9.98. The standard InChI is InChI=1S/C21H26N2O/c1-15-10-12-23(13-11-15)18-8-9-21(24)19(14-18)17(3)22-20-7-5-4-6-16(20)2/h4-9,14-15,22,24H,3,10-13H2,1-2H3. The number of phenolic OH excluding ortho intramolecular Hbond substituents is 1.